The second-order valence-electron chi connectivity index (χ2n) is 7.42. The molecule has 3 fully saturated rings. The first-order valence-electron chi connectivity index (χ1n) is 8.76. The highest BCUT2D eigenvalue weighted by Gasteiger charge is 2.40. The first-order valence-corrected chi connectivity index (χ1v) is 8.76. The predicted octanol–water partition coefficient (Wildman–Crippen LogP) is 3.04. The van der Waals surface area contributed by atoms with Crippen molar-refractivity contribution in [2.45, 2.75) is 51.9 Å². The Kier molecular flexibility index (Phi) is 4.81. The van der Waals surface area contributed by atoms with Crippen molar-refractivity contribution in [1.29, 1.82) is 0 Å². The highest BCUT2D eigenvalue weighted by molar-refractivity contribution is 4.92. The Morgan fingerprint density at radius 3 is 2.37 bits per heavy atom. The van der Waals surface area contributed by atoms with Crippen LogP contribution in [0.4, 0.5) is 0 Å². The molecule has 0 spiro atoms. The molecule has 110 valence electrons. The maximum atomic E-state index is 3.78. The Morgan fingerprint density at radius 2 is 1.79 bits per heavy atom. The van der Waals surface area contributed by atoms with Gasteiger partial charge in [0.15, 0.2) is 0 Å². The molecule has 1 saturated heterocycles. The van der Waals surface area contributed by atoms with E-state index in [-0.39, 0.29) is 0 Å². The Balaban J connectivity index is 1.29. The number of rotatable bonds is 8. The number of hydrogen-bond donors (Lipinski definition) is 2. The number of piperidine rings is 1. The van der Waals surface area contributed by atoms with E-state index in [0.29, 0.717) is 0 Å². The lowest BCUT2D eigenvalue weighted by Gasteiger charge is -2.28. The van der Waals surface area contributed by atoms with Gasteiger partial charge in [0.1, 0.15) is 0 Å². The first-order chi connectivity index (χ1) is 9.34. The summed E-state index contributed by atoms with van der Waals surface area (Å²) in [6.07, 6.45) is 10.3. The van der Waals surface area contributed by atoms with Crippen LogP contribution < -0.4 is 10.6 Å². The summed E-state index contributed by atoms with van der Waals surface area (Å²) in [5.74, 6) is 5.05. The Bertz CT molecular complexity index is 252. The normalized spacial score (nSPS) is 29.7. The Labute approximate surface area is 119 Å². The largest absolute Gasteiger partial charge is 0.316 e. The number of nitrogens with one attached hydrogen (secondary N) is 2. The third-order valence-corrected chi connectivity index (χ3v) is 5.75. The SMILES string of the molecule is CC(CCNCC(C1CC1)C1CC1)C1CCCNC1. The Morgan fingerprint density at radius 1 is 1.05 bits per heavy atom. The molecule has 0 aromatic rings. The van der Waals surface area contributed by atoms with Gasteiger partial charge in [-0.2, -0.15) is 0 Å². The maximum absolute atomic E-state index is 3.78. The monoisotopic (exact) mass is 264 g/mol. The minimum absolute atomic E-state index is 0.889. The van der Waals surface area contributed by atoms with E-state index in [1.807, 2.05) is 0 Å². The molecule has 3 aliphatic rings. The molecular weight excluding hydrogens is 232 g/mol. The van der Waals surface area contributed by atoms with E-state index in [2.05, 4.69) is 17.6 Å². The van der Waals surface area contributed by atoms with Crippen LogP contribution in [0.25, 0.3) is 0 Å². The van der Waals surface area contributed by atoms with Crippen LogP contribution in [0.15, 0.2) is 0 Å². The van der Waals surface area contributed by atoms with Crippen molar-refractivity contribution < 1.29 is 0 Å². The van der Waals surface area contributed by atoms with E-state index in [1.165, 1.54) is 71.1 Å². The fourth-order valence-electron chi connectivity index (χ4n) is 3.97. The van der Waals surface area contributed by atoms with Crippen LogP contribution in [0.5, 0.6) is 0 Å². The van der Waals surface area contributed by atoms with Crippen LogP contribution >= 0.6 is 0 Å². The van der Waals surface area contributed by atoms with Crippen molar-refractivity contribution in [2.24, 2.45) is 29.6 Å². The third-order valence-electron chi connectivity index (χ3n) is 5.75. The topological polar surface area (TPSA) is 24.1 Å². The van der Waals surface area contributed by atoms with Crippen LogP contribution in [-0.2, 0) is 0 Å². The summed E-state index contributed by atoms with van der Waals surface area (Å²) < 4.78 is 0. The summed E-state index contributed by atoms with van der Waals surface area (Å²) in [5.41, 5.74) is 0. The summed E-state index contributed by atoms with van der Waals surface area (Å²) in [5, 5.41) is 7.33. The van der Waals surface area contributed by atoms with Crippen LogP contribution in [0, 0.1) is 29.6 Å². The molecule has 2 unspecified atom stereocenters. The zero-order valence-electron chi connectivity index (χ0n) is 12.7. The molecule has 0 amide bonds. The maximum Gasteiger partial charge on any atom is -0.00152 e. The van der Waals surface area contributed by atoms with E-state index in [0.717, 1.165) is 29.6 Å². The molecule has 2 saturated carbocycles. The van der Waals surface area contributed by atoms with Crippen LogP contribution in [0.1, 0.15) is 51.9 Å². The molecule has 0 bridgehead atoms. The van der Waals surface area contributed by atoms with Crippen LogP contribution in [-0.4, -0.2) is 26.2 Å². The lowest BCUT2D eigenvalue weighted by Crippen LogP contribution is -2.35. The van der Waals surface area contributed by atoms with Gasteiger partial charge in [0.05, 0.1) is 0 Å². The summed E-state index contributed by atoms with van der Waals surface area (Å²) in [6, 6.07) is 0. The van der Waals surface area contributed by atoms with Crippen molar-refractivity contribution >= 4 is 0 Å². The molecular formula is C17H32N2. The second kappa shape index (κ2) is 6.58. The van der Waals surface area contributed by atoms with Gasteiger partial charge in [-0.3, -0.25) is 0 Å². The zero-order valence-corrected chi connectivity index (χ0v) is 12.7. The molecule has 2 aliphatic carbocycles. The van der Waals surface area contributed by atoms with E-state index in [4.69, 9.17) is 0 Å². The first kappa shape index (κ1) is 13.9. The van der Waals surface area contributed by atoms with Gasteiger partial charge in [0, 0.05) is 0 Å². The second-order valence-corrected chi connectivity index (χ2v) is 7.42. The van der Waals surface area contributed by atoms with E-state index >= 15 is 0 Å². The van der Waals surface area contributed by atoms with Gasteiger partial charge < -0.3 is 10.6 Å². The van der Waals surface area contributed by atoms with Crippen molar-refractivity contribution in [1.82, 2.24) is 10.6 Å². The van der Waals surface area contributed by atoms with Gasteiger partial charge in [-0.05, 0) is 101 Å². The van der Waals surface area contributed by atoms with Gasteiger partial charge in [0.2, 0.25) is 0 Å². The molecule has 2 atom stereocenters. The van der Waals surface area contributed by atoms with Crippen molar-refractivity contribution in [2.75, 3.05) is 26.2 Å². The number of hydrogen-bond acceptors (Lipinski definition) is 2. The molecule has 2 heteroatoms. The highest BCUT2D eigenvalue weighted by atomic mass is 14.9. The lowest BCUT2D eigenvalue weighted by molar-refractivity contribution is 0.263. The third kappa shape index (κ3) is 4.19. The van der Waals surface area contributed by atoms with E-state index in [1.54, 1.807) is 0 Å². The molecule has 0 aromatic carbocycles. The molecule has 2 nitrogen and oxygen atoms in total. The van der Waals surface area contributed by atoms with Gasteiger partial charge in [-0.25, -0.2) is 0 Å². The smallest absolute Gasteiger partial charge is 0.00152 e. The Hall–Kier alpha value is -0.0800. The summed E-state index contributed by atoms with van der Waals surface area (Å²) in [4.78, 5) is 0. The van der Waals surface area contributed by atoms with Gasteiger partial charge >= 0.3 is 0 Å². The summed E-state index contributed by atoms with van der Waals surface area (Å²) in [7, 11) is 0. The van der Waals surface area contributed by atoms with Crippen molar-refractivity contribution in [3.05, 3.63) is 0 Å². The van der Waals surface area contributed by atoms with E-state index in [9.17, 15) is 0 Å². The fourth-order valence-corrected chi connectivity index (χ4v) is 3.97. The van der Waals surface area contributed by atoms with Gasteiger partial charge in [-0.15, -0.1) is 0 Å². The summed E-state index contributed by atoms with van der Waals surface area (Å²) >= 11 is 0. The average molecular weight is 264 g/mol. The highest BCUT2D eigenvalue weighted by Crippen LogP contribution is 2.48. The van der Waals surface area contributed by atoms with E-state index < -0.39 is 0 Å². The minimum Gasteiger partial charge on any atom is -0.316 e. The summed E-state index contributed by atoms with van der Waals surface area (Å²) in [6.45, 7) is 7.51. The quantitative estimate of drug-likeness (QED) is 0.659. The minimum atomic E-state index is 0.889. The van der Waals surface area contributed by atoms with Crippen molar-refractivity contribution in [3.63, 3.8) is 0 Å². The molecule has 3 rings (SSSR count). The molecule has 0 aromatic heterocycles. The lowest BCUT2D eigenvalue weighted by atomic mass is 9.85. The molecule has 0 radical (unpaired) electrons. The predicted molar refractivity (Wildman–Crippen MR) is 81.2 cm³/mol. The fraction of sp³-hybridized carbons (Fsp3) is 1.00. The van der Waals surface area contributed by atoms with Gasteiger partial charge in [0.25, 0.3) is 0 Å². The zero-order chi connectivity index (χ0) is 13.1. The average Bonchev–Trinajstić information content (AvgIpc) is 3.32. The van der Waals surface area contributed by atoms with Crippen LogP contribution in [0.2, 0.25) is 0 Å². The van der Waals surface area contributed by atoms with Crippen LogP contribution in [0.3, 0.4) is 0 Å². The van der Waals surface area contributed by atoms with Crippen molar-refractivity contribution in [3.8, 4) is 0 Å². The molecule has 19 heavy (non-hydrogen) atoms. The van der Waals surface area contributed by atoms with Gasteiger partial charge in [-0.1, -0.05) is 6.92 Å². The standard InChI is InChI=1S/C17H32N2/c1-13(16-3-2-9-18-11-16)8-10-19-12-17(14-4-5-14)15-6-7-15/h13-19H,2-12H2,1H3. The molecule has 1 aliphatic heterocycles. The molecule has 2 N–H and O–H groups in total. The molecule has 1 heterocycles.